The van der Waals surface area contributed by atoms with E-state index in [2.05, 4.69) is 20.8 Å². The van der Waals surface area contributed by atoms with Gasteiger partial charge in [-0.2, -0.15) is 0 Å². The number of hydrogen-bond acceptors (Lipinski definition) is 0. The lowest BCUT2D eigenvalue weighted by Gasteiger charge is -2.50. The zero-order valence-electron chi connectivity index (χ0n) is 13.7. The van der Waals surface area contributed by atoms with Crippen molar-refractivity contribution in [3.63, 3.8) is 0 Å². The Hall–Kier alpha value is 0. The monoisotopic (exact) mass is 264 g/mol. The third kappa shape index (κ3) is 3.19. The highest BCUT2D eigenvalue weighted by Gasteiger charge is 2.44. The molecule has 0 aromatic rings. The van der Waals surface area contributed by atoms with Crippen molar-refractivity contribution in [2.45, 2.75) is 97.8 Å². The van der Waals surface area contributed by atoms with Gasteiger partial charge < -0.3 is 0 Å². The quantitative estimate of drug-likeness (QED) is 0.440. The summed E-state index contributed by atoms with van der Waals surface area (Å²) in [6.45, 7) is 7.35. The van der Waals surface area contributed by atoms with Crippen molar-refractivity contribution in [2.75, 3.05) is 0 Å². The summed E-state index contributed by atoms with van der Waals surface area (Å²) in [6, 6.07) is 0. The summed E-state index contributed by atoms with van der Waals surface area (Å²) in [7, 11) is 0. The van der Waals surface area contributed by atoms with Crippen molar-refractivity contribution in [1.29, 1.82) is 0 Å². The van der Waals surface area contributed by atoms with Gasteiger partial charge in [-0.05, 0) is 48.9 Å². The minimum Gasteiger partial charge on any atom is -0.0651 e. The Morgan fingerprint density at radius 1 is 0.947 bits per heavy atom. The number of hydrogen-bond donors (Lipinski definition) is 0. The maximum Gasteiger partial charge on any atom is -0.0244 e. The van der Waals surface area contributed by atoms with Crippen LogP contribution in [-0.2, 0) is 0 Å². The third-order valence-corrected chi connectivity index (χ3v) is 6.85. The van der Waals surface area contributed by atoms with E-state index < -0.39 is 0 Å². The highest BCUT2D eigenvalue weighted by atomic mass is 14.5. The van der Waals surface area contributed by atoms with Gasteiger partial charge in [0, 0.05) is 0 Å². The van der Waals surface area contributed by atoms with Crippen molar-refractivity contribution in [1.82, 2.24) is 0 Å². The topological polar surface area (TPSA) is 0 Å². The van der Waals surface area contributed by atoms with Gasteiger partial charge in [-0.25, -0.2) is 0 Å². The van der Waals surface area contributed by atoms with E-state index in [9.17, 15) is 0 Å². The fourth-order valence-electron chi connectivity index (χ4n) is 5.08. The first-order chi connectivity index (χ1) is 9.26. The van der Waals surface area contributed by atoms with Gasteiger partial charge in [0.05, 0.1) is 0 Å². The smallest absolute Gasteiger partial charge is 0.0244 e. The average Bonchev–Trinajstić information content (AvgIpc) is 2.30. The van der Waals surface area contributed by atoms with E-state index in [0.717, 1.165) is 17.8 Å². The molecule has 0 heterocycles. The molecule has 0 saturated heterocycles. The molecule has 0 aromatic heterocycles. The largest absolute Gasteiger partial charge is 0.0651 e. The second kappa shape index (κ2) is 7.14. The molecule has 0 radical (unpaired) electrons. The van der Waals surface area contributed by atoms with E-state index in [-0.39, 0.29) is 0 Å². The number of rotatable bonds is 9. The second-order valence-corrected chi connectivity index (χ2v) is 7.42. The second-order valence-electron chi connectivity index (χ2n) is 7.42. The highest BCUT2D eigenvalue weighted by Crippen LogP contribution is 2.54. The summed E-state index contributed by atoms with van der Waals surface area (Å²) in [5.41, 5.74) is 0.714. The summed E-state index contributed by atoms with van der Waals surface area (Å²) in [5, 5.41) is 0. The van der Waals surface area contributed by atoms with E-state index in [4.69, 9.17) is 0 Å². The molecule has 0 N–H and O–H groups in total. The molecule has 19 heavy (non-hydrogen) atoms. The van der Waals surface area contributed by atoms with Gasteiger partial charge in [0.15, 0.2) is 0 Å². The van der Waals surface area contributed by atoms with Crippen LogP contribution in [0.4, 0.5) is 0 Å². The van der Waals surface area contributed by atoms with Crippen LogP contribution in [0.5, 0.6) is 0 Å². The van der Waals surface area contributed by atoms with E-state index in [1.165, 1.54) is 77.0 Å². The Bertz CT molecular complexity index is 245. The van der Waals surface area contributed by atoms with Crippen molar-refractivity contribution >= 4 is 0 Å². The lowest BCUT2D eigenvalue weighted by Crippen LogP contribution is -2.41. The molecule has 2 rings (SSSR count). The van der Waals surface area contributed by atoms with Crippen molar-refractivity contribution in [3.8, 4) is 0 Å². The van der Waals surface area contributed by atoms with Crippen LogP contribution in [0.1, 0.15) is 97.8 Å². The van der Waals surface area contributed by atoms with Crippen LogP contribution in [0.25, 0.3) is 0 Å². The van der Waals surface area contributed by atoms with E-state index in [0.29, 0.717) is 5.41 Å². The molecule has 2 aliphatic carbocycles. The SMILES string of the molecule is CCC(CC)C(CC)(CCCC1CCC1)C1CCC1. The van der Waals surface area contributed by atoms with Crippen LogP contribution in [0.15, 0.2) is 0 Å². The fraction of sp³-hybridized carbons (Fsp3) is 1.00. The summed E-state index contributed by atoms with van der Waals surface area (Å²) >= 11 is 0. The zero-order valence-corrected chi connectivity index (χ0v) is 13.7. The maximum atomic E-state index is 2.49. The Morgan fingerprint density at radius 2 is 1.58 bits per heavy atom. The molecule has 0 amide bonds. The Kier molecular flexibility index (Phi) is 5.78. The van der Waals surface area contributed by atoms with Crippen molar-refractivity contribution < 1.29 is 0 Å². The average molecular weight is 264 g/mol. The molecule has 1 unspecified atom stereocenters. The molecule has 2 aliphatic rings. The van der Waals surface area contributed by atoms with Crippen LogP contribution >= 0.6 is 0 Å². The van der Waals surface area contributed by atoms with Gasteiger partial charge >= 0.3 is 0 Å². The third-order valence-electron chi connectivity index (χ3n) is 6.85. The highest BCUT2D eigenvalue weighted by molar-refractivity contribution is 4.94. The molecule has 112 valence electrons. The van der Waals surface area contributed by atoms with Gasteiger partial charge in [-0.15, -0.1) is 0 Å². The Labute approximate surface area is 121 Å². The normalized spacial score (nSPS) is 24.0. The summed E-state index contributed by atoms with van der Waals surface area (Å²) in [5.74, 6) is 3.17. The molecular weight excluding hydrogens is 228 g/mol. The molecule has 2 fully saturated rings. The molecule has 0 bridgehead atoms. The minimum atomic E-state index is 0.714. The predicted octanol–water partition coefficient (Wildman–Crippen LogP) is 6.59. The first-order valence-corrected chi connectivity index (χ1v) is 9.26. The standard InChI is InChI=1S/C19H36/c1-4-17(5-2)19(6-3,18-13-8-14-18)15-9-12-16-10-7-11-16/h16-18H,4-15H2,1-3H3. The molecular formula is C19H36. The van der Waals surface area contributed by atoms with Crippen LogP contribution < -0.4 is 0 Å². The lowest BCUT2D eigenvalue weighted by molar-refractivity contribution is -0.00303. The summed E-state index contributed by atoms with van der Waals surface area (Å²) in [4.78, 5) is 0. The van der Waals surface area contributed by atoms with E-state index in [1.807, 2.05) is 0 Å². The van der Waals surface area contributed by atoms with Crippen LogP contribution in [0, 0.1) is 23.2 Å². The van der Waals surface area contributed by atoms with Gasteiger partial charge in [0.1, 0.15) is 0 Å². The summed E-state index contributed by atoms with van der Waals surface area (Å²) in [6.07, 6.45) is 18.0. The fourth-order valence-corrected chi connectivity index (χ4v) is 5.08. The molecule has 0 spiro atoms. The van der Waals surface area contributed by atoms with Crippen LogP contribution in [0.3, 0.4) is 0 Å². The zero-order chi connectivity index (χ0) is 13.7. The van der Waals surface area contributed by atoms with Gasteiger partial charge in [-0.3, -0.25) is 0 Å². The Morgan fingerprint density at radius 3 is 1.95 bits per heavy atom. The van der Waals surface area contributed by atoms with E-state index in [1.54, 1.807) is 0 Å². The van der Waals surface area contributed by atoms with Gasteiger partial charge in [0.2, 0.25) is 0 Å². The maximum absolute atomic E-state index is 2.49. The molecule has 1 atom stereocenters. The van der Waals surface area contributed by atoms with Crippen LogP contribution in [0.2, 0.25) is 0 Å². The molecule has 0 aliphatic heterocycles. The van der Waals surface area contributed by atoms with Crippen molar-refractivity contribution in [3.05, 3.63) is 0 Å². The lowest BCUT2D eigenvalue weighted by atomic mass is 9.55. The van der Waals surface area contributed by atoms with Gasteiger partial charge in [-0.1, -0.05) is 72.1 Å². The van der Waals surface area contributed by atoms with E-state index >= 15 is 0 Å². The predicted molar refractivity (Wildman–Crippen MR) is 85.3 cm³/mol. The van der Waals surface area contributed by atoms with Gasteiger partial charge in [0.25, 0.3) is 0 Å². The first kappa shape index (κ1) is 15.4. The molecule has 2 saturated carbocycles. The molecule has 0 aromatic carbocycles. The first-order valence-electron chi connectivity index (χ1n) is 9.26. The van der Waals surface area contributed by atoms with Crippen molar-refractivity contribution in [2.24, 2.45) is 23.2 Å². The Balaban J connectivity index is 1.94. The van der Waals surface area contributed by atoms with Crippen LogP contribution in [-0.4, -0.2) is 0 Å². The molecule has 0 nitrogen and oxygen atoms in total. The minimum absolute atomic E-state index is 0.714. The molecule has 0 heteroatoms. The summed E-state index contributed by atoms with van der Waals surface area (Å²) < 4.78 is 0.